The number of aromatic amines is 1. The molecule has 2 aromatic rings. The SMILES string of the molecule is CC[C@H](C)[C@H](NC(=O)[C@H](Cc1ccc(O)c(Cl)c1)NC(=O)[C@@H](NC(=O)[C@H](CCCN=C(N)N)NC(=O)CNC)C(C)C)C(=O)N[C@@H](Cc1cnc[nH]1)C(=O)N1CCC[C@H]1C(=O)N[C@H](C)C(=O)O. The average molecular weight is 961 g/mol. The normalized spacial score (nSPS) is 16.5. The van der Waals surface area contributed by atoms with Gasteiger partial charge in [-0.15, -0.1) is 0 Å². The van der Waals surface area contributed by atoms with Gasteiger partial charge in [0.1, 0.15) is 48.0 Å². The van der Waals surface area contributed by atoms with Crippen LogP contribution in [-0.4, -0.2) is 147 Å². The number of hydrogen-bond acceptors (Lipinski definition) is 12. The first kappa shape index (κ1) is 54.8. The van der Waals surface area contributed by atoms with Crippen LogP contribution < -0.4 is 48.7 Å². The van der Waals surface area contributed by atoms with Gasteiger partial charge in [-0.05, 0) is 69.2 Å². The van der Waals surface area contributed by atoms with Crippen LogP contribution in [0.1, 0.15) is 78.0 Å². The van der Waals surface area contributed by atoms with E-state index in [2.05, 4.69) is 52.2 Å². The number of nitrogens with zero attached hydrogens (tertiary/aromatic N) is 3. The van der Waals surface area contributed by atoms with Crippen molar-refractivity contribution in [1.29, 1.82) is 0 Å². The third-order valence-electron chi connectivity index (χ3n) is 11.2. The van der Waals surface area contributed by atoms with Gasteiger partial charge < -0.3 is 68.8 Å². The van der Waals surface area contributed by atoms with E-state index in [1.165, 1.54) is 42.5 Å². The molecule has 1 aromatic carbocycles. The molecule has 1 aliphatic heterocycles. The molecule has 0 spiro atoms. The predicted octanol–water partition coefficient (Wildman–Crippen LogP) is -1.47. The Labute approximate surface area is 394 Å². The second-order valence-electron chi connectivity index (χ2n) is 16.9. The lowest BCUT2D eigenvalue weighted by molar-refractivity contribution is -0.144. The van der Waals surface area contributed by atoms with E-state index < -0.39 is 101 Å². The largest absolute Gasteiger partial charge is 0.506 e. The van der Waals surface area contributed by atoms with E-state index in [-0.39, 0.29) is 62.0 Å². The molecule has 0 unspecified atom stereocenters. The standard InChI is InChI=1S/C43H66ClN13O10/c1-7-23(4)35(40(64)54-30(18-26-19-48-21-50-26)41(65)57-15-9-11-31(57)38(62)51-24(5)42(66)67)56-37(61)29(17-25-12-13-32(58)27(44)16-25)53-39(63)34(22(2)3)55-36(60)28(52-33(59)20-47-6)10-8-14-49-43(45)46/h12-13,16,19,21-24,28-31,34-35,47,58H,7-11,14-15,17-18,20H2,1-6H3,(H,48,50)(H,51,62)(H,52,59)(H,53,63)(H,54,64)(H,55,60)(H,56,61)(H,66,67)(H4,45,46,49)/t23-,24+,28-,29-,30-,31-,34-,35-/m0/s1. The molecule has 1 saturated heterocycles. The van der Waals surface area contributed by atoms with Crippen LogP contribution in [0, 0.1) is 11.8 Å². The Morgan fingerprint density at radius 1 is 0.896 bits per heavy atom. The molecule has 23 nitrogen and oxygen atoms in total. The Balaban J connectivity index is 1.94. The van der Waals surface area contributed by atoms with Crippen molar-refractivity contribution in [2.75, 3.05) is 26.7 Å². The molecule has 0 radical (unpaired) electrons. The zero-order valence-corrected chi connectivity index (χ0v) is 39.4. The fraction of sp³-hybridized carbons (Fsp3) is 0.581. The molecule has 24 heteroatoms. The highest BCUT2D eigenvalue weighted by Gasteiger charge is 2.40. The Morgan fingerprint density at radius 2 is 1.55 bits per heavy atom. The van der Waals surface area contributed by atoms with Gasteiger partial charge in [0.05, 0.1) is 17.9 Å². The Bertz CT molecular complexity index is 2070. The van der Waals surface area contributed by atoms with Crippen LogP contribution in [0.4, 0.5) is 0 Å². The highest BCUT2D eigenvalue weighted by atomic mass is 35.5. The number of carbonyl (C=O) groups is 8. The van der Waals surface area contributed by atoms with Crippen LogP contribution in [-0.2, 0) is 51.2 Å². The number of rotatable bonds is 26. The summed E-state index contributed by atoms with van der Waals surface area (Å²) in [5, 5.41) is 38.2. The number of aliphatic carboxylic acids is 1. The Morgan fingerprint density at radius 3 is 2.15 bits per heavy atom. The maximum atomic E-state index is 14.5. The minimum atomic E-state index is -1.41. The molecule has 1 fully saturated rings. The minimum Gasteiger partial charge on any atom is -0.506 e. The average Bonchev–Trinajstić information content (AvgIpc) is 3.99. The van der Waals surface area contributed by atoms with Crippen molar-refractivity contribution in [2.24, 2.45) is 28.3 Å². The van der Waals surface area contributed by atoms with Crippen molar-refractivity contribution < 1.29 is 48.6 Å². The third kappa shape index (κ3) is 17.0. The molecule has 1 aromatic heterocycles. The first-order chi connectivity index (χ1) is 31.7. The molecule has 8 atom stereocenters. The summed E-state index contributed by atoms with van der Waals surface area (Å²) in [6.45, 7) is 8.38. The van der Waals surface area contributed by atoms with Gasteiger partial charge in [-0.25, -0.2) is 4.98 Å². The number of aliphatic imine (C=N–C) groups is 1. The van der Waals surface area contributed by atoms with Gasteiger partial charge in [-0.2, -0.15) is 0 Å². The fourth-order valence-electron chi connectivity index (χ4n) is 7.26. The van der Waals surface area contributed by atoms with Gasteiger partial charge in [0.15, 0.2) is 5.96 Å². The lowest BCUT2D eigenvalue weighted by Gasteiger charge is -2.32. The Kier molecular flexibility index (Phi) is 21.8. The number of aromatic nitrogens is 2. The van der Waals surface area contributed by atoms with Crippen molar-refractivity contribution in [3.05, 3.63) is 47.0 Å². The van der Waals surface area contributed by atoms with E-state index in [4.69, 9.17) is 23.1 Å². The van der Waals surface area contributed by atoms with Gasteiger partial charge in [0.25, 0.3) is 0 Å². The summed E-state index contributed by atoms with van der Waals surface area (Å²) in [5.74, 6) is -7.49. The number of hydrogen-bond donors (Lipinski definition) is 12. The van der Waals surface area contributed by atoms with E-state index in [0.29, 0.717) is 30.5 Å². The van der Waals surface area contributed by atoms with Crippen molar-refractivity contribution in [3.8, 4) is 5.75 Å². The van der Waals surface area contributed by atoms with Crippen molar-refractivity contribution in [1.82, 2.24) is 52.1 Å². The quantitative estimate of drug-likeness (QED) is 0.0291. The number of aromatic hydroxyl groups is 1. The number of likely N-dealkylation sites (N-methyl/N-ethyl adjacent to an activating group) is 1. The summed E-state index contributed by atoms with van der Waals surface area (Å²) in [5.41, 5.74) is 11.8. The van der Waals surface area contributed by atoms with Crippen LogP contribution in [0.3, 0.4) is 0 Å². The number of carboxylic acids is 1. The molecule has 14 N–H and O–H groups in total. The number of phenolic OH excluding ortho intramolecular Hbond substituents is 1. The first-order valence-electron chi connectivity index (χ1n) is 22.2. The molecule has 1 aliphatic rings. The molecule has 7 amide bonds. The topological polar surface area (TPSA) is 358 Å². The van der Waals surface area contributed by atoms with E-state index in [1.807, 2.05) is 0 Å². The van der Waals surface area contributed by atoms with Crippen LogP contribution in [0.5, 0.6) is 5.75 Å². The predicted molar refractivity (Wildman–Crippen MR) is 247 cm³/mol. The van der Waals surface area contributed by atoms with E-state index in [9.17, 15) is 48.6 Å². The molecular weight excluding hydrogens is 894 g/mol. The molecular formula is C43H66ClN13O10. The van der Waals surface area contributed by atoms with E-state index in [0.717, 1.165) is 0 Å². The molecule has 2 heterocycles. The maximum Gasteiger partial charge on any atom is 0.325 e. The maximum absolute atomic E-state index is 14.5. The number of nitrogens with one attached hydrogen (secondary N) is 8. The van der Waals surface area contributed by atoms with Crippen LogP contribution in [0.25, 0.3) is 0 Å². The van der Waals surface area contributed by atoms with Crippen molar-refractivity contribution >= 4 is 64.9 Å². The number of benzene rings is 1. The zero-order chi connectivity index (χ0) is 50.0. The molecule has 3 rings (SSSR count). The van der Waals surface area contributed by atoms with Gasteiger partial charge in [-0.1, -0.05) is 51.8 Å². The lowest BCUT2D eigenvalue weighted by Crippen LogP contribution is -2.62. The van der Waals surface area contributed by atoms with Crippen LogP contribution in [0.15, 0.2) is 35.7 Å². The van der Waals surface area contributed by atoms with Gasteiger partial charge in [0, 0.05) is 37.8 Å². The smallest absolute Gasteiger partial charge is 0.325 e. The molecule has 0 aliphatic carbocycles. The molecule has 370 valence electrons. The van der Waals surface area contributed by atoms with E-state index >= 15 is 0 Å². The van der Waals surface area contributed by atoms with Gasteiger partial charge >= 0.3 is 5.97 Å². The van der Waals surface area contributed by atoms with Crippen LogP contribution in [0.2, 0.25) is 5.02 Å². The number of carboxylic acid groups (broad SMARTS) is 1. The third-order valence-corrected chi connectivity index (χ3v) is 11.5. The Hall–Kier alpha value is -6.49. The summed E-state index contributed by atoms with van der Waals surface area (Å²) in [6, 6.07) is -4.29. The second-order valence-corrected chi connectivity index (χ2v) is 17.3. The number of halogens is 1. The highest BCUT2D eigenvalue weighted by molar-refractivity contribution is 6.32. The monoisotopic (exact) mass is 959 g/mol. The number of imidazole rings is 1. The lowest BCUT2D eigenvalue weighted by atomic mass is 9.96. The fourth-order valence-corrected chi connectivity index (χ4v) is 7.46. The number of phenols is 1. The summed E-state index contributed by atoms with van der Waals surface area (Å²) in [6.07, 6.45) is 4.07. The molecule has 0 saturated carbocycles. The van der Waals surface area contributed by atoms with Crippen molar-refractivity contribution in [2.45, 2.75) is 122 Å². The summed E-state index contributed by atoms with van der Waals surface area (Å²) < 4.78 is 0. The van der Waals surface area contributed by atoms with Gasteiger partial charge in [-0.3, -0.25) is 43.3 Å². The second kappa shape index (κ2) is 26.6. The first-order valence-corrected chi connectivity index (χ1v) is 22.5. The van der Waals surface area contributed by atoms with Gasteiger partial charge in [0.2, 0.25) is 41.4 Å². The summed E-state index contributed by atoms with van der Waals surface area (Å²) in [7, 11) is 1.56. The summed E-state index contributed by atoms with van der Waals surface area (Å²) in [4.78, 5) is 120. The highest BCUT2D eigenvalue weighted by Crippen LogP contribution is 2.25. The molecule has 0 bridgehead atoms. The minimum absolute atomic E-state index is 0.0273. The number of amides is 7. The number of carbonyl (C=O) groups excluding carboxylic acids is 7. The van der Waals surface area contributed by atoms with E-state index in [1.54, 1.807) is 34.7 Å². The summed E-state index contributed by atoms with van der Waals surface area (Å²) >= 11 is 6.22. The number of nitrogens with two attached hydrogens (primary N) is 2. The van der Waals surface area contributed by atoms with Crippen LogP contribution >= 0.6 is 11.6 Å². The van der Waals surface area contributed by atoms with Crippen molar-refractivity contribution in [3.63, 3.8) is 0 Å². The zero-order valence-electron chi connectivity index (χ0n) is 38.7. The number of likely N-dealkylation sites (tertiary alicyclic amines) is 1. The number of guanidine groups is 1. The molecule has 67 heavy (non-hydrogen) atoms. The number of H-pyrrole nitrogens is 1.